The highest BCUT2D eigenvalue weighted by Crippen LogP contribution is 2.26. The molecule has 0 unspecified atom stereocenters. The number of hydrogen-bond acceptors (Lipinski definition) is 8. The molecule has 0 amide bonds. The molecule has 0 spiro atoms. The summed E-state index contributed by atoms with van der Waals surface area (Å²) in [5.41, 5.74) is 7.33. The quantitative estimate of drug-likeness (QED) is 0.356. The van der Waals surface area contributed by atoms with Crippen molar-refractivity contribution in [3.8, 4) is 0 Å². The average molecular weight is 490 g/mol. The number of rotatable bonds is 12. The number of anilines is 2. The predicted octanol–water partition coefficient (Wildman–Crippen LogP) is 2.60. The number of benzene rings is 1. The number of aromatic nitrogens is 4. The van der Waals surface area contributed by atoms with E-state index in [4.69, 9.17) is 10.5 Å². The Bertz CT molecular complexity index is 1130. The summed E-state index contributed by atoms with van der Waals surface area (Å²) < 4.78 is 36.5. The van der Waals surface area contributed by atoms with Crippen molar-refractivity contribution in [3.05, 3.63) is 41.1 Å². The number of ether oxygens (including phenoxy) is 1. The number of hydrogen-bond donors (Lipinski definition) is 3. The third-order valence-electron chi connectivity index (χ3n) is 6.40. The molecule has 1 aromatic carbocycles. The maximum atomic E-state index is 14.9. The van der Waals surface area contributed by atoms with Gasteiger partial charge in [0.2, 0.25) is 5.95 Å². The second kappa shape index (κ2) is 11.2. The number of halogens is 2. The van der Waals surface area contributed by atoms with E-state index < -0.39 is 11.6 Å². The van der Waals surface area contributed by atoms with Crippen molar-refractivity contribution in [2.75, 3.05) is 37.4 Å². The minimum atomic E-state index is -0.625. The molecule has 35 heavy (non-hydrogen) atoms. The first-order chi connectivity index (χ1) is 16.9. The van der Waals surface area contributed by atoms with Gasteiger partial charge in [0, 0.05) is 38.3 Å². The fraction of sp³-hybridized carbons (Fsp3) is 0.542. The minimum Gasteiger partial charge on any atom is -0.395 e. The fourth-order valence-corrected chi connectivity index (χ4v) is 4.31. The van der Waals surface area contributed by atoms with E-state index in [9.17, 15) is 13.9 Å². The lowest BCUT2D eigenvalue weighted by Gasteiger charge is -2.34. The molecule has 0 bridgehead atoms. The first-order valence-corrected chi connectivity index (χ1v) is 12.0. The third-order valence-corrected chi connectivity index (χ3v) is 6.40. The highest BCUT2D eigenvalue weighted by Gasteiger charge is 2.28. The molecule has 1 saturated carbocycles. The lowest BCUT2D eigenvalue weighted by molar-refractivity contribution is 0.0170. The van der Waals surface area contributed by atoms with Gasteiger partial charge in [-0.2, -0.15) is 10.1 Å². The van der Waals surface area contributed by atoms with Crippen LogP contribution >= 0.6 is 0 Å². The summed E-state index contributed by atoms with van der Waals surface area (Å²) in [6.07, 6.45) is 5.53. The van der Waals surface area contributed by atoms with Gasteiger partial charge in [0.25, 0.3) is 0 Å². The Labute approximate surface area is 203 Å². The van der Waals surface area contributed by atoms with E-state index in [1.165, 1.54) is 16.8 Å². The molecule has 4 N–H and O–H groups in total. The summed E-state index contributed by atoms with van der Waals surface area (Å²) in [6.45, 7) is 3.34. The Morgan fingerprint density at radius 1 is 1.23 bits per heavy atom. The van der Waals surface area contributed by atoms with Crippen LogP contribution in [0.4, 0.5) is 20.5 Å². The topological polar surface area (TPSA) is 114 Å². The van der Waals surface area contributed by atoms with Gasteiger partial charge in [0.05, 0.1) is 25.5 Å². The number of methoxy groups -OCH3 is 1. The maximum absolute atomic E-state index is 14.9. The van der Waals surface area contributed by atoms with Gasteiger partial charge in [-0.25, -0.2) is 13.8 Å². The number of nitrogens with two attached hydrogens (primary N) is 1. The molecule has 2 aromatic heterocycles. The lowest BCUT2D eigenvalue weighted by atomic mass is 9.89. The van der Waals surface area contributed by atoms with Gasteiger partial charge in [0.1, 0.15) is 17.2 Å². The predicted molar refractivity (Wildman–Crippen MR) is 130 cm³/mol. The van der Waals surface area contributed by atoms with Crippen LogP contribution in [0.3, 0.4) is 0 Å². The average Bonchev–Trinajstić information content (AvgIpc) is 3.20. The molecule has 0 saturated heterocycles. The number of aliphatic hydroxyl groups excluding tert-OH is 1. The van der Waals surface area contributed by atoms with Crippen molar-refractivity contribution >= 4 is 22.8 Å². The van der Waals surface area contributed by atoms with Gasteiger partial charge in [-0.15, -0.1) is 0 Å². The SMILES string of the molecule is CCCCN(CCO)c1nc(N)nc2cn(Cc3c(F)cc(CNC4CC(OC)C4)cc3F)nc12. The van der Waals surface area contributed by atoms with Gasteiger partial charge >= 0.3 is 0 Å². The second-order valence-electron chi connectivity index (χ2n) is 8.98. The first kappa shape index (κ1) is 25.2. The molecule has 4 rings (SSSR count). The zero-order chi connectivity index (χ0) is 24.9. The van der Waals surface area contributed by atoms with Crippen LogP contribution in [-0.2, 0) is 17.8 Å². The molecule has 2 heterocycles. The highest BCUT2D eigenvalue weighted by molar-refractivity contribution is 5.86. The smallest absolute Gasteiger partial charge is 0.222 e. The second-order valence-corrected chi connectivity index (χ2v) is 8.98. The van der Waals surface area contributed by atoms with Crippen LogP contribution in [-0.4, -0.2) is 63.8 Å². The van der Waals surface area contributed by atoms with E-state index in [-0.39, 0.29) is 30.8 Å². The van der Waals surface area contributed by atoms with Gasteiger partial charge < -0.3 is 25.8 Å². The number of aliphatic hydroxyl groups is 1. The Hall–Kier alpha value is -2.89. The van der Waals surface area contributed by atoms with Gasteiger partial charge in [0.15, 0.2) is 11.3 Å². The molecule has 1 aliphatic rings. The molecule has 190 valence electrons. The van der Waals surface area contributed by atoms with Crippen molar-refractivity contribution in [1.82, 2.24) is 25.1 Å². The van der Waals surface area contributed by atoms with Crippen LogP contribution in [0.1, 0.15) is 43.7 Å². The molecular formula is C24H33F2N7O2. The van der Waals surface area contributed by atoms with Crippen molar-refractivity contribution < 1.29 is 18.6 Å². The molecule has 1 fully saturated rings. The van der Waals surface area contributed by atoms with Crippen LogP contribution in [0.25, 0.3) is 11.0 Å². The zero-order valence-electron chi connectivity index (χ0n) is 20.2. The summed E-state index contributed by atoms with van der Waals surface area (Å²) in [5.74, 6) is -0.673. The molecule has 3 aromatic rings. The van der Waals surface area contributed by atoms with Crippen LogP contribution in [0.5, 0.6) is 0 Å². The molecule has 9 nitrogen and oxygen atoms in total. The monoisotopic (exact) mass is 489 g/mol. The normalized spacial score (nSPS) is 17.6. The van der Waals surface area contributed by atoms with Crippen LogP contribution < -0.4 is 16.0 Å². The minimum absolute atomic E-state index is 0.0544. The Morgan fingerprint density at radius 3 is 2.63 bits per heavy atom. The van der Waals surface area contributed by atoms with E-state index >= 15 is 0 Å². The van der Waals surface area contributed by atoms with E-state index in [0.29, 0.717) is 48.1 Å². The molecule has 0 atom stereocenters. The lowest BCUT2D eigenvalue weighted by Crippen LogP contribution is -2.44. The van der Waals surface area contributed by atoms with Crippen LogP contribution in [0, 0.1) is 11.6 Å². The number of nitrogens with one attached hydrogen (secondary N) is 1. The van der Waals surface area contributed by atoms with E-state index in [0.717, 1.165) is 25.7 Å². The number of unbranched alkanes of at least 4 members (excludes halogenated alkanes) is 1. The van der Waals surface area contributed by atoms with Gasteiger partial charge in [-0.05, 0) is 37.0 Å². The summed E-state index contributed by atoms with van der Waals surface area (Å²) in [7, 11) is 1.69. The third kappa shape index (κ3) is 5.85. The Balaban J connectivity index is 1.53. The first-order valence-electron chi connectivity index (χ1n) is 12.0. The summed E-state index contributed by atoms with van der Waals surface area (Å²) in [5, 5.41) is 17.3. The van der Waals surface area contributed by atoms with Crippen molar-refractivity contribution in [2.24, 2.45) is 0 Å². The number of nitrogens with zero attached hydrogens (tertiary/aromatic N) is 5. The van der Waals surface area contributed by atoms with Crippen molar-refractivity contribution in [2.45, 2.75) is 57.8 Å². The summed E-state index contributed by atoms with van der Waals surface area (Å²) in [6, 6.07) is 3.02. The summed E-state index contributed by atoms with van der Waals surface area (Å²) in [4.78, 5) is 10.5. The van der Waals surface area contributed by atoms with E-state index in [1.807, 2.05) is 4.90 Å². The van der Waals surface area contributed by atoms with E-state index in [1.54, 1.807) is 13.3 Å². The highest BCUT2D eigenvalue weighted by atomic mass is 19.1. The van der Waals surface area contributed by atoms with Crippen molar-refractivity contribution in [3.63, 3.8) is 0 Å². The molecule has 0 radical (unpaired) electrons. The number of nitrogen functional groups attached to an aromatic ring is 1. The van der Waals surface area contributed by atoms with Crippen molar-refractivity contribution in [1.29, 1.82) is 0 Å². The van der Waals surface area contributed by atoms with Crippen LogP contribution in [0.15, 0.2) is 18.3 Å². The molecule has 0 aliphatic heterocycles. The fourth-order valence-electron chi connectivity index (χ4n) is 4.31. The molecular weight excluding hydrogens is 456 g/mol. The maximum Gasteiger partial charge on any atom is 0.222 e. The van der Waals surface area contributed by atoms with Crippen LogP contribution in [0.2, 0.25) is 0 Å². The number of fused-ring (bicyclic) bond motifs is 1. The Morgan fingerprint density at radius 2 is 1.97 bits per heavy atom. The van der Waals surface area contributed by atoms with Gasteiger partial charge in [-0.3, -0.25) is 4.68 Å². The van der Waals surface area contributed by atoms with Gasteiger partial charge in [-0.1, -0.05) is 13.3 Å². The Kier molecular flexibility index (Phi) is 8.09. The largest absolute Gasteiger partial charge is 0.395 e. The zero-order valence-corrected chi connectivity index (χ0v) is 20.2. The molecule has 11 heteroatoms. The van der Waals surface area contributed by atoms with E-state index in [2.05, 4.69) is 27.3 Å². The molecule has 1 aliphatic carbocycles. The standard InChI is InChI=1S/C24H33F2N7O2/c1-3-4-5-32(6-7-34)23-22-21(29-24(27)30-23)14-33(31-22)13-18-19(25)8-15(9-20(18)26)12-28-16-10-17(11-16)35-2/h8-9,14,16-17,28,34H,3-7,10-13H2,1-2H3,(H2,27,29). The summed E-state index contributed by atoms with van der Waals surface area (Å²) >= 11 is 0.